The van der Waals surface area contributed by atoms with Crippen LogP contribution in [0.25, 0.3) is 0 Å². The Morgan fingerprint density at radius 2 is 1.87 bits per heavy atom. The topological polar surface area (TPSA) is 42.2 Å². The molecule has 0 bridgehead atoms. The van der Waals surface area contributed by atoms with Crippen LogP contribution < -0.4 is 0 Å². The predicted octanol–water partition coefficient (Wildman–Crippen LogP) is 2.74. The number of hydrogen-bond acceptors (Lipinski definition) is 2. The Morgan fingerprint density at radius 1 is 1.13 bits per heavy atom. The van der Waals surface area contributed by atoms with Gasteiger partial charge in [-0.1, -0.05) is 18.2 Å². The van der Waals surface area contributed by atoms with Crippen LogP contribution in [0, 0.1) is 0 Å². The number of aromatic carboxylic acids is 1. The van der Waals surface area contributed by atoms with Crippen LogP contribution in [0.15, 0.2) is 53.6 Å². The maximum absolute atomic E-state index is 10.8. The highest BCUT2D eigenvalue weighted by atomic mass is 32.2. The number of benzene rings is 1. The molecule has 3 nitrogen and oxygen atoms in total. The van der Waals surface area contributed by atoms with Gasteiger partial charge in [0.1, 0.15) is 5.69 Å². The Hall–Kier alpha value is -1.68. The molecule has 0 saturated carbocycles. The first kappa shape index (κ1) is 9.86. The number of hydrogen-bond donors (Lipinski definition) is 1. The molecule has 0 amide bonds. The van der Waals surface area contributed by atoms with Crippen molar-refractivity contribution >= 4 is 17.9 Å². The van der Waals surface area contributed by atoms with E-state index in [0.717, 1.165) is 4.90 Å². The fourth-order valence-corrected chi connectivity index (χ4v) is 2.08. The van der Waals surface area contributed by atoms with Gasteiger partial charge in [-0.25, -0.2) is 4.79 Å². The van der Waals surface area contributed by atoms with Gasteiger partial charge in [-0.2, -0.15) is 0 Å². The molecule has 0 spiro atoms. The van der Waals surface area contributed by atoms with Crippen molar-refractivity contribution in [2.24, 2.45) is 0 Å². The summed E-state index contributed by atoms with van der Waals surface area (Å²) in [7, 11) is 0. The highest BCUT2D eigenvalue weighted by Gasteiger charge is 2.08. The van der Waals surface area contributed by atoms with E-state index in [0.29, 0.717) is 0 Å². The highest BCUT2D eigenvalue weighted by molar-refractivity contribution is 7.97. The van der Waals surface area contributed by atoms with E-state index in [2.05, 4.69) is 0 Å². The number of carbonyl (C=O) groups is 1. The lowest BCUT2D eigenvalue weighted by molar-refractivity contribution is 0.0690. The molecule has 0 aliphatic rings. The SMILES string of the molecule is O=C(O)c1cccn1Sc1ccccc1. The van der Waals surface area contributed by atoms with Gasteiger partial charge in [-0.05, 0) is 36.2 Å². The van der Waals surface area contributed by atoms with Gasteiger partial charge in [0, 0.05) is 11.1 Å². The standard InChI is InChI=1S/C11H9NO2S/c13-11(14)10-7-4-8-12(10)15-9-5-2-1-3-6-9/h1-8H,(H,13,14). The minimum atomic E-state index is -0.913. The molecular formula is C11H9NO2S. The summed E-state index contributed by atoms with van der Waals surface area (Å²) in [5.41, 5.74) is 0.281. The van der Waals surface area contributed by atoms with Gasteiger partial charge in [0.05, 0.1) is 0 Å². The van der Waals surface area contributed by atoms with Crippen LogP contribution >= 0.6 is 11.9 Å². The van der Waals surface area contributed by atoms with Gasteiger partial charge in [0.2, 0.25) is 0 Å². The number of nitrogens with zero attached hydrogens (tertiary/aromatic N) is 1. The number of carboxylic acid groups (broad SMARTS) is 1. The first-order valence-corrected chi connectivity index (χ1v) is 5.19. The maximum atomic E-state index is 10.8. The lowest BCUT2D eigenvalue weighted by Crippen LogP contribution is -2.01. The van der Waals surface area contributed by atoms with Crippen molar-refractivity contribution in [1.29, 1.82) is 0 Å². The molecule has 1 heterocycles. The van der Waals surface area contributed by atoms with Crippen molar-refractivity contribution in [1.82, 2.24) is 3.97 Å². The van der Waals surface area contributed by atoms with Gasteiger partial charge < -0.3 is 5.11 Å². The summed E-state index contributed by atoms with van der Waals surface area (Å²) in [6.45, 7) is 0. The second-order valence-electron chi connectivity index (χ2n) is 2.93. The summed E-state index contributed by atoms with van der Waals surface area (Å²) in [6.07, 6.45) is 1.74. The van der Waals surface area contributed by atoms with Gasteiger partial charge in [-0.15, -0.1) is 0 Å². The highest BCUT2D eigenvalue weighted by Crippen LogP contribution is 2.21. The van der Waals surface area contributed by atoms with Crippen LogP contribution in [0.5, 0.6) is 0 Å². The van der Waals surface area contributed by atoms with Crippen molar-refractivity contribution in [3.63, 3.8) is 0 Å². The molecule has 1 aromatic carbocycles. The Bertz CT molecular complexity index is 464. The summed E-state index contributed by atoms with van der Waals surface area (Å²) in [6, 6.07) is 13.0. The summed E-state index contributed by atoms with van der Waals surface area (Å²) in [5.74, 6) is -0.913. The van der Waals surface area contributed by atoms with Crippen molar-refractivity contribution in [3.05, 3.63) is 54.4 Å². The second-order valence-corrected chi connectivity index (χ2v) is 3.98. The van der Waals surface area contributed by atoms with Crippen molar-refractivity contribution in [2.45, 2.75) is 4.90 Å². The van der Waals surface area contributed by atoms with Gasteiger partial charge in [0.25, 0.3) is 0 Å². The molecule has 1 N–H and O–H groups in total. The molecule has 0 unspecified atom stereocenters. The lowest BCUT2D eigenvalue weighted by atomic mass is 10.4. The van der Waals surface area contributed by atoms with Crippen LogP contribution in [0.4, 0.5) is 0 Å². The third-order valence-corrected chi connectivity index (χ3v) is 2.88. The number of carboxylic acids is 1. The molecule has 0 fully saturated rings. The van der Waals surface area contributed by atoms with E-state index in [1.54, 1.807) is 22.3 Å². The van der Waals surface area contributed by atoms with Crippen molar-refractivity contribution < 1.29 is 9.90 Å². The lowest BCUT2D eigenvalue weighted by Gasteiger charge is -2.04. The Labute approximate surface area is 91.5 Å². The molecule has 2 aromatic rings. The smallest absolute Gasteiger partial charge is 0.353 e. The van der Waals surface area contributed by atoms with E-state index in [4.69, 9.17) is 5.11 Å². The third kappa shape index (κ3) is 2.22. The van der Waals surface area contributed by atoms with Gasteiger partial charge >= 0.3 is 5.97 Å². The summed E-state index contributed by atoms with van der Waals surface area (Å²) in [5, 5.41) is 8.90. The maximum Gasteiger partial charge on any atom is 0.353 e. The molecule has 0 radical (unpaired) electrons. The Kier molecular flexibility index (Phi) is 2.78. The molecule has 0 saturated heterocycles. The molecule has 1 aromatic heterocycles. The minimum Gasteiger partial charge on any atom is -0.477 e. The van der Waals surface area contributed by atoms with E-state index in [-0.39, 0.29) is 5.69 Å². The van der Waals surface area contributed by atoms with Gasteiger partial charge in [-0.3, -0.25) is 3.97 Å². The van der Waals surface area contributed by atoms with Crippen LogP contribution in [0.2, 0.25) is 0 Å². The second kappa shape index (κ2) is 4.23. The van der Waals surface area contributed by atoms with E-state index in [9.17, 15) is 4.79 Å². The van der Waals surface area contributed by atoms with E-state index in [1.165, 1.54) is 11.9 Å². The summed E-state index contributed by atoms with van der Waals surface area (Å²) in [4.78, 5) is 11.8. The molecule has 76 valence electrons. The fraction of sp³-hybridized carbons (Fsp3) is 0. The van der Waals surface area contributed by atoms with Crippen LogP contribution in [0.3, 0.4) is 0 Å². The van der Waals surface area contributed by atoms with Crippen LogP contribution in [-0.4, -0.2) is 15.0 Å². The molecule has 0 atom stereocenters. The first-order valence-electron chi connectivity index (χ1n) is 4.41. The minimum absolute atomic E-state index is 0.281. The molecular weight excluding hydrogens is 210 g/mol. The van der Waals surface area contributed by atoms with Crippen LogP contribution in [-0.2, 0) is 0 Å². The number of aromatic nitrogens is 1. The fourth-order valence-electron chi connectivity index (χ4n) is 1.21. The van der Waals surface area contributed by atoms with Crippen molar-refractivity contribution in [3.8, 4) is 0 Å². The summed E-state index contributed by atoms with van der Waals surface area (Å²) < 4.78 is 1.64. The monoisotopic (exact) mass is 219 g/mol. The zero-order valence-corrected chi connectivity index (χ0v) is 8.65. The molecule has 4 heteroatoms. The molecule has 0 aliphatic heterocycles. The van der Waals surface area contributed by atoms with E-state index in [1.807, 2.05) is 30.3 Å². The zero-order valence-electron chi connectivity index (χ0n) is 7.83. The third-order valence-electron chi connectivity index (χ3n) is 1.88. The molecule has 15 heavy (non-hydrogen) atoms. The molecule has 0 aliphatic carbocycles. The van der Waals surface area contributed by atoms with Gasteiger partial charge in [0.15, 0.2) is 0 Å². The van der Waals surface area contributed by atoms with Crippen LogP contribution in [0.1, 0.15) is 10.5 Å². The normalized spacial score (nSPS) is 10.1. The zero-order chi connectivity index (χ0) is 10.7. The quantitative estimate of drug-likeness (QED) is 0.863. The Balaban J connectivity index is 2.25. The largest absolute Gasteiger partial charge is 0.477 e. The Morgan fingerprint density at radius 3 is 2.53 bits per heavy atom. The van der Waals surface area contributed by atoms with E-state index < -0.39 is 5.97 Å². The molecule has 2 rings (SSSR count). The van der Waals surface area contributed by atoms with Crippen molar-refractivity contribution in [2.75, 3.05) is 0 Å². The average Bonchev–Trinajstić information content (AvgIpc) is 2.67. The average molecular weight is 219 g/mol. The van der Waals surface area contributed by atoms with E-state index >= 15 is 0 Å². The first-order chi connectivity index (χ1) is 7.27. The number of rotatable bonds is 3. The summed E-state index contributed by atoms with van der Waals surface area (Å²) >= 11 is 1.39. The predicted molar refractivity (Wildman–Crippen MR) is 59.1 cm³/mol.